The molecule has 1 heterocycles. The highest BCUT2D eigenvalue weighted by molar-refractivity contribution is 6.29. The van der Waals surface area contributed by atoms with Crippen LogP contribution in [-0.2, 0) is 0 Å². The molecule has 0 aliphatic rings. The van der Waals surface area contributed by atoms with E-state index in [0.717, 1.165) is 17.4 Å². The zero-order valence-electron chi connectivity index (χ0n) is 10.5. The number of anilines is 1. The monoisotopic (exact) mass is 282 g/mol. The van der Waals surface area contributed by atoms with E-state index in [0.29, 0.717) is 10.7 Å². The summed E-state index contributed by atoms with van der Waals surface area (Å²) in [5.74, 6) is -1.18. The van der Waals surface area contributed by atoms with Crippen LogP contribution >= 0.6 is 11.6 Å². The number of rotatable bonds is 3. The molecule has 1 unspecified atom stereocenters. The second kappa shape index (κ2) is 5.53. The van der Waals surface area contributed by atoms with E-state index in [-0.39, 0.29) is 6.04 Å². The van der Waals surface area contributed by atoms with Gasteiger partial charge in [-0.25, -0.2) is 13.8 Å². The van der Waals surface area contributed by atoms with Crippen molar-refractivity contribution in [1.82, 2.24) is 4.98 Å². The summed E-state index contributed by atoms with van der Waals surface area (Å²) in [5, 5.41) is 3.56. The minimum absolute atomic E-state index is 0.244. The molecule has 1 N–H and O–H groups in total. The van der Waals surface area contributed by atoms with Crippen molar-refractivity contribution in [2.24, 2.45) is 0 Å². The molecule has 0 amide bonds. The highest BCUT2D eigenvalue weighted by atomic mass is 35.5. The Kier molecular flexibility index (Phi) is 4.00. The third-order valence-corrected chi connectivity index (χ3v) is 3.02. The van der Waals surface area contributed by atoms with Crippen LogP contribution in [0.1, 0.15) is 24.2 Å². The SMILES string of the molecule is Cc1nc(Cl)ccc1NC(C)c1cc(F)cc(F)c1. The van der Waals surface area contributed by atoms with Gasteiger partial charge >= 0.3 is 0 Å². The van der Waals surface area contributed by atoms with Crippen LogP contribution in [-0.4, -0.2) is 4.98 Å². The second-order valence-corrected chi connectivity index (χ2v) is 4.72. The van der Waals surface area contributed by atoms with E-state index >= 15 is 0 Å². The first-order valence-corrected chi connectivity index (χ1v) is 6.19. The van der Waals surface area contributed by atoms with Gasteiger partial charge in [0.2, 0.25) is 0 Å². The molecule has 0 saturated heterocycles. The number of nitrogens with zero attached hydrogens (tertiary/aromatic N) is 1. The molecule has 19 heavy (non-hydrogen) atoms. The van der Waals surface area contributed by atoms with E-state index in [1.54, 1.807) is 12.1 Å². The summed E-state index contributed by atoms with van der Waals surface area (Å²) in [4.78, 5) is 4.11. The van der Waals surface area contributed by atoms with Gasteiger partial charge in [0, 0.05) is 12.1 Å². The molecular formula is C14H13ClF2N2. The van der Waals surface area contributed by atoms with Crippen LogP contribution in [0.3, 0.4) is 0 Å². The quantitative estimate of drug-likeness (QED) is 0.839. The number of aryl methyl sites for hydroxylation is 1. The molecule has 0 aliphatic heterocycles. The van der Waals surface area contributed by atoms with Gasteiger partial charge < -0.3 is 5.32 Å². The first-order chi connectivity index (χ1) is 8.95. The van der Waals surface area contributed by atoms with Crippen LogP contribution in [0.15, 0.2) is 30.3 Å². The van der Waals surface area contributed by atoms with Gasteiger partial charge in [-0.1, -0.05) is 11.6 Å². The van der Waals surface area contributed by atoms with E-state index in [2.05, 4.69) is 10.3 Å². The smallest absolute Gasteiger partial charge is 0.129 e. The van der Waals surface area contributed by atoms with Gasteiger partial charge in [-0.3, -0.25) is 0 Å². The van der Waals surface area contributed by atoms with Crippen molar-refractivity contribution < 1.29 is 8.78 Å². The Balaban J connectivity index is 2.22. The van der Waals surface area contributed by atoms with E-state index in [4.69, 9.17) is 11.6 Å². The third kappa shape index (κ3) is 3.41. The molecular weight excluding hydrogens is 270 g/mol. The van der Waals surface area contributed by atoms with Gasteiger partial charge in [-0.15, -0.1) is 0 Å². The number of hydrogen-bond donors (Lipinski definition) is 1. The second-order valence-electron chi connectivity index (χ2n) is 4.34. The largest absolute Gasteiger partial charge is 0.377 e. The van der Waals surface area contributed by atoms with E-state index in [1.165, 1.54) is 12.1 Å². The topological polar surface area (TPSA) is 24.9 Å². The molecule has 5 heteroatoms. The maximum Gasteiger partial charge on any atom is 0.129 e. The molecule has 2 aromatic rings. The van der Waals surface area contributed by atoms with Gasteiger partial charge in [-0.2, -0.15) is 0 Å². The highest BCUT2D eigenvalue weighted by Gasteiger charge is 2.10. The van der Waals surface area contributed by atoms with Crippen LogP contribution in [0.25, 0.3) is 0 Å². The molecule has 0 bridgehead atoms. The van der Waals surface area contributed by atoms with Crippen molar-refractivity contribution in [1.29, 1.82) is 0 Å². The number of halogens is 3. The first-order valence-electron chi connectivity index (χ1n) is 5.81. The molecule has 0 aliphatic carbocycles. The Labute approximate surface area is 115 Å². The Morgan fingerprint density at radius 2 is 1.79 bits per heavy atom. The van der Waals surface area contributed by atoms with Crippen molar-refractivity contribution in [3.8, 4) is 0 Å². The van der Waals surface area contributed by atoms with Gasteiger partial charge in [0.25, 0.3) is 0 Å². The molecule has 0 radical (unpaired) electrons. The highest BCUT2D eigenvalue weighted by Crippen LogP contribution is 2.23. The third-order valence-electron chi connectivity index (χ3n) is 2.81. The van der Waals surface area contributed by atoms with Crippen LogP contribution in [0, 0.1) is 18.6 Å². The fourth-order valence-electron chi connectivity index (χ4n) is 1.82. The van der Waals surface area contributed by atoms with Gasteiger partial charge in [0.1, 0.15) is 16.8 Å². The van der Waals surface area contributed by atoms with Crippen molar-refractivity contribution in [3.05, 3.63) is 58.4 Å². The summed E-state index contributed by atoms with van der Waals surface area (Å²) in [5.41, 5.74) is 2.05. The van der Waals surface area contributed by atoms with E-state index in [1.807, 2.05) is 13.8 Å². The molecule has 2 nitrogen and oxygen atoms in total. The van der Waals surface area contributed by atoms with Crippen molar-refractivity contribution in [3.63, 3.8) is 0 Å². The molecule has 0 saturated carbocycles. The normalized spacial score (nSPS) is 12.3. The predicted octanol–water partition coefficient (Wildman–Crippen LogP) is 4.49. The number of aromatic nitrogens is 1. The number of nitrogens with one attached hydrogen (secondary N) is 1. The van der Waals surface area contributed by atoms with Crippen LogP contribution in [0.5, 0.6) is 0 Å². The summed E-state index contributed by atoms with van der Waals surface area (Å²) in [6, 6.07) is 6.67. The number of hydrogen-bond acceptors (Lipinski definition) is 2. The molecule has 0 fully saturated rings. The maximum absolute atomic E-state index is 13.2. The molecule has 2 rings (SSSR count). The zero-order valence-corrected chi connectivity index (χ0v) is 11.3. The van der Waals surface area contributed by atoms with Gasteiger partial charge in [0.15, 0.2) is 0 Å². The minimum atomic E-state index is -0.588. The van der Waals surface area contributed by atoms with Gasteiger partial charge in [-0.05, 0) is 43.7 Å². The zero-order chi connectivity index (χ0) is 14.0. The lowest BCUT2D eigenvalue weighted by Gasteiger charge is -2.17. The number of benzene rings is 1. The average Bonchev–Trinajstić information content (AvgIpc) is 2.31. The van der Waals surface area contributed by atoms with Crippen molar-refractivity contribution in [2.75, 3.05) is 5.32 Å². The summed E-state index contributed by atoms with van der Waals surface area (Å²) in [6.45, 7) is 3.63. The Morgan fingerprint density at radius 3 is 2.37 bits per heavy atom. The Hall–Kier alpha value is -1.68. The Morgan fingerprint density at radius 1 is 1.16 bits per heavy atom. The summed E-state index contributed by atoms with van der Waals surface area (Å²) >= 11 is 5.77. The summed E-state index contributed by atoms with van der Waals surface area (Å²) in [7, 11) is 0. The van der Waals surface area contributed by atoms with E-state index < -0.39 is 11.6 Å². The maximum atomic E-state index is 13.2. The van der Waals surface area contributed by atoms with Gasteiger partial charge in [0.05, 0.1) is 11.4 Å². The van der Waals surface area contributed by atoms with Crippen LogP contribution in [0.4, 0.5) is 14.5 Å². The fourth-order valence-corrected chi connectivity index (χ4v) is 2.01. The Bertz CT molecular complexity index is 582. The fraction of sp³-hybridized carbons (Fsp3) is 0.214. The minimum Gasteiger partial charge on any atom is -0.377 e. The number of pyridine rings is 1. The standard InChI is InChI=1S/C14H13ClF2N2/c1-8(10-5-11(16)7-12(17)6-10)18-13-3-4-14(15)19-9(13)2/h3-8,18H,1-2H3. The molecule has 1 atom stereocenters. The predicted molar refractivity (Wildman–Crippen MR) is 72.4 cm³/mol. The first kappa shape index (κ1) is 13.7. The molecule has 1 aromatic heterocycles. The lowest BCUT2D eigenvalue weighted by molar-refractivity contribution is 0.577. The van der Waals surface area contributed by atoms with Crippen LogP contribution in [0.2, 0.25) is 5.15 Å². The molecule has 1 aromatic carbocycles. The average molecular weight is 283 g/mol. The lowest BCUT2D eigenvalue weighted by Crippen LogP contribution is -2.09. The molecule has 0 spiro atoms. The summed E-state index contributed by atoms with van der Waals surface area (Å²) in [6.07, 6.45) is 0. The van der Waals surface area contributed by atoms with Crippen molar-refractivity contribution in [2.45, 2.75) is 19.9 Å². The molecule has 100 valence electrons. The lowest BCUT2D eigenvalue weighted by atomic mass is 10.1. The van der Waals surface area contributed by atoms with Crippen LogP contribution < -0.4 is 5.32 Å². The van der Waals surface area contributed by atoms with Crippen molar-refractivity contribution >= 4 is 17.3 Å². The van der Waals surface area contributed by atoms with E-state index in [9.17, 15) is 8.78 Å². The summed E-state index contributed by atoms with van der Waals surface area (Å²) < 4.78 is 26.3.